The molecule has 0 N–H and O–H groups in total. The van der Waals surface area contributed by atoms with Crippen molar-refractivity contribution in [2.75, 3.05) is 25.7 Å². The Balaban J connectivity index is 2.27. The van der Waals surface area contributed by atoms with E-state index in [0.29, 0.717) is 17.1 Å². The molecular weight excluding hydrogens is 498 g/mol. The normalized spacial score (nSPS) is 16.1. The third-order valence-corrected chi connectivity index (χ3v) is 6.66. The van der Waals surface area contributed by atoms with Crippen molar-refractivity contribution in [3.63, 3.8) is 0 Å². The molecule has 1 aliphatic heterocycles. The van der Waals surface area contributed by atoms with Crippen LogP contribution in [0.15, 0.2) is 30.3 Å². The summed E-state index contributed by atoms with van der Waals surface area (Å²) in [5, 5.41) is 23.3. The van der Waals surface area contributed by atoms with Gasteiger partial charge >= 0.3 is 11.4 Å². The number of benzene rings is 2. The molecule has 0 bridgehead atoms. The molecule has 2 aromatic rings. The maximum absolute atomic E-state index is 12.8. The second-order valence-corrected chi connectivity index (χ2v) is 10.3. The zero-order valence-electron chi connectivity index (χ0n) is 19.6. The number of aldehydes is 1. The quantitative estimate of drug-likeness (QED) is 0.183. The van der Waals surface area contributed by atoms with Crippen LogP contribution < -0.4 is 9.47 Å². The van der Waals surface area contributed by atoms with Gasteiger partial charge in [-0.1, -0.05) is 12.1 Å². The number of rotatable bonds is 11. The topological polar surface area (TPSA) is 176 Å². The first kappa shape index (κ1) is 26.7. The number of hydrogen-bond donors (Lipinski definition) is 0. The number of nitrogens with zero attached hydrogens (tertiary/aromatic N) is 3. The van der Waals surface area contributed by atoms with Gasteiger partial charge in [0.25, 0.3) is 0 Å². The zero-order valence-corrected chi connectivity index (χ0v) is 20.4. The van der Waals surface area contributed by atoms with Gasteiger partial charge in [-0.3, -0.25) is 34.7 Å². The molecule has 1 heterocycles. The smallest absolute Gasteiger partial charge is 0.351 e. The highest BCUT2D eigenvalue weighted by Crippen LogP contribution is 2.48. The summed E-state index contributed by atoms with van der Waals surface area (Å²) in [6, 6.07) is 4.17. The summed E-state index contributed by atoms with van der Waals surface area (Å²) in [7, 11) is -2.27. The first-order chi connectivity index (χ1) is 16.9. The number of carbonyl (C=O) groups excluding carboxylic acids is 2. The number of sulfone groups is 1. The number of hydrogen-bond acceptors (Lipinski definition) is 11. The molecule has 3 rings (SSSR count). The summed E-state index contributed by atoms with van der Waals surface area (Å²) in [6.07, 6.45) is 0.951. The molecule has 0 fully saturated rings. The molecule has 192 valence electrons. The summed E-state index contributed by atoms with van der Waals surface area (Å²) in [5.74, 6) is -0.950. The third-order valence-electron chi connectivity index (χ3n) is 5.74. The Bertz CT molecular complexity index is 1340. The number of nitro groups is 2. The lowest BCUT2D eigenvalue weighted by Gasteiger charge is -2.32. The minimum Gasteiger partial charge on any atom is -0.493 e. The van der Waals surface area contributed by atoms with Gasteiger partial charge in [-0.2, -0.15) is 0 Å². The van der Waals surface area contributed by atoms with Crippen LogP contribution in [0.5, 0.6) is 11.5 Å². The second-order valence-electron chi connectivity index (χ2n) is 8.07. The summed E-state index contributed by atoms with van der Waals surface area (Å²) in [5.41, 5.74) is -1.48. The van der Waals surface area contributed by atoms with Gasteiger partial charge in [0.15, 0.2) is 17.8 Å². The molecule has 1 aliphatic rings. The Hall–Kier alpha value is -3.91. The monoisotopic (exact) mass is 521 g/mol. The number of ketones is 1. The van der Waals surface area contributed by atoms with Crippen molar-refractivity contribution in [1.29, 1.82) is 0 Å². The molecule has 0 radical (unpaired) electrons. The maximum Gasteiger partial charge on any atom is 0.351 e. The van der Waals surface area contributed by atoms with Crippen LogP contribution in [0.3, 0.4) is 0 Å². The van der Waals surface area contributed by atoms with E-state index in [1.165, 1.54) is 24.1 Å². The number of Topliss-reactive ketones (excluding diaryl/α,β-unsaturated/α-hetero) is 1. The van der Waals surface area contributed by atoms with E-state index in [1.54, 1.807) is 19.1 Å². The Morgan fingerprint density at radius 1 is 1.19 bits per heavy atom. The van der Waals surface area contributed by atoms with E-state index in [9.17, 15) is 38.2 Å². The number of nitro benzene ring substituents is 2. The van der Waals surface area contributed by atoms with Gasteiger partial charge in [-0.05, 0) is 30.2 Å². The minimum absolute atomic E-state index is 0.0352. The van der Waals surface area contributed by atoms with Crippen LogP contribution in [0.2, 0.25) is 0 Å². The molecule has 13 nitrogen and oxygen atoms in total. The lowest BCUT2D eigenvalue weighted by Crippen LogP contribution is -2.36. The van der Waals surface area contributed by atoms with Gasteiger partial charge in [-0.25, -0.2) is 8.42 Å². The van der Waals surface area contributed by atoms with Crippen molar-refractivity contribution in [3.05, 3.63) is 67.3 Å². The van der Waals surface area contributed by atoms with Gasteiger partial charge in [0.05, 0.1) is 40.9 Å². The number of fused-ring (bicyclic) bond motifs is 1. The van der Waals surface area contributed by atoms with Crippen molar-refractivity contribution in [2.45, 2.75) is 25.6 Å². The molecule has 2 aromatic carbocycles. The third kappa shape index (κ3) is 5.18. The molecule has 0 saturated heterocycles. The molecule has 14 heteroatoms. The SMILES string of the molecule is CCOc1cc(C(CS(C)(=O)=O)N2Cc3ccc([N+](=O)[O-])c([N+](=O)[O-])c3C2C(=O)C=O)ccc1OC. The summed E-state index contributed by atoms with van der Waals surface area (Å²) < 4.78 is 35.7. The van der Waals surface area contributed by atoms with Gasteiger partial charge in [0.1, 0.15) is 15.9 Å². The molecule has 0 aromatic heterocycles. The zero-order chi connectivity index (χ0) is 26.8. The Morgan fingerprint density at radius 2 is 1.89 bits per heavy atom. The molecule has 0 spiro atoms. The van der Waals surface area contributed by atoms with Crippen LogP contribution in [0, 0.1) is 20.2 Å². The average Bonchev–Trinajstić information content (AvgIpc) is 3.20. The second kappa shape index (κ2) is 10.4. The fraction of sp³-hybridized carbons (Fsp3) is 0.364. The molecule has 2 atom stereocenters. The van der Waals surface area contributed by atoms with Crippen LogP contribution in [-0.4, -0.2) is 61.0 Å². The van der Waals surface area contributed by atoms with E-state index < -0.39 is 54.7 Å². The first-order valence-electron chi connectivity index (χ1n) is 10.6. The number of methoxy groups -OCH3 is 1. The maximum atomic E-state index is 12.8. The molecule has 2 unspecified atom stereocenters. The van der Waals surface area contributed by atoms with E-state index in [-0.39, 0.29) is 30.6 Å². The lowest BCUT2D eigenvalue weighted by molar-refractivity contribution is -0.423. The van der Waals surface area contributed by atoms with Crippen LogP contribution in [0.25, 0.3) is 0 Å². The van der Waals surface area contributed by atoms with Gasteiger partial charge in [0, 0.05) is 18.9 Å². The first-order valence-corrected chi connectivity index (χ1v) is 12.7. The van der Waals surface area contributed by atoms with Crippen molar-refractivity contribution >= 4 is 33.3 Å². The number of ether oxygens (including phenoxy) is 2. The highest BCUT2D eigenvalue weighted by molar-refractivity contribution is 7.90. The Labute approximate surface area is 205 Å². The molecule has 0 saturated carbocycles. The molecule has 0 amide bonds. The molecular formula is C22H23N3O10S. The molecule has 36 heavy (non-hydrogen) atoms. The van der Waals surface area contributed by atoms with Gasteiger partial charge in [-0.15, -0.1) is 0 Å². The van der Waals surface area contributed by atoms with Crippen LogP contribution >= 0.6 is 0 Å². The number of carbonyl (C=O) groups is 2. The van der Waals surface area contributed by atoms with Gasteiger partial charge < -0.3 is 9.47 Å². The molecule has 0 aliphatic carbocycles. The summed E-state index contributed by atoms with van der Waals surface area (Å²) in [4.78, 5) is 47.1. The van der Waals surface area contributed by atoms with Crippen molar-refractivity contribution in [2.24, 2.45) is 0 Å². The summed E-state index contributed by atoms with van der Waals surface area (Å²) in [6.45, 7) is 1.84. The average molecular weight is 522 g/mol. The lowest BCUT2D eigenvalue weighted by atomic mass is 9.97. The van der Waals surface area contributed by atoms with E-state index in [4.69, 9.17) is 9.47 Å². The van der Waals surface area contributed by atoms with E-state index in [2.05, 4.69) is 0 Å². The van der Waals surface area contributed by atoms with Crippen molar-refractivity contribution in [3.8, 4) is 11.5 Å². The van der Waals surface area contributed by atoms with Crippen LogP contribution in [0.4, 0.5) is 11.4 Å². The minimum atomic E-state index is -3.70. The largest absolute Gasteiger partial charge is 0.493 e. The summed E-state index contributed by atoms with van der Waals surface area (Å²) >= 11 is 0. The predicted octanol–water partition coefficient (Wildman–Crippen LogP) is 2.32. The fourth-order valence-electron chi connectivity index (χ4n) is 4.37. The Morgan fingerprint density at radius 3 is 2.42 bits per heavy atom. The van der Waals surface area contributed by atoms with E-state index >= 15 is 0 Å². The van der Waals surface area contributed by atoms with E-state index in [1.807, 2.05) is 0 Å². The fourth-order valence-corrected chi connectivity index (χ4v) is 5.33. The van der Waals surface area contributed by atoms with Crippen LogP contribution in [0.1, 0.15) is 35.7 Å². The van der Waals surface area contributed by atoms with Crippen molar-refractivity contribution in [1.82, 2.24) is 4.90 Å². The predicted molar refractivity (Wildman–Crippen MR) is 126 cm³/mol. The van der Waals surface area contributed by atoms with Crippen LogP contribution in [-0.2, 0) is 26.0 Å². The van der Waals surface area contributed by atoms with E-state index in [0.717, 1.165) is 12.3 Å². The van der Waals surface area contributed by atoms with Gasteiger partial charge in [0.2, 0.25) is 5.78 Å². The standard InChI is InChI=1S/C22H23N3O10S/c1-4-35-19-9-13(6-8-18(19)34-2)16(12-36(3,32)33)23-10-14-5-7-15(24(28)29)21(25(30)31)20(14)22(23)17(27)11-26/h5-9,11,16,22H,4,10,12H2,1-3H3. The highest BCUT2D eigenvalue weighted by Gasteiger charge is 2.47. The Kier molecular flexibility index (Phi) is 7.69. The van der Waals surface area contributed by atoms with Crippen molar-refractivity contribution < 1.29 is 37.3 Å². The highest BCUT2D eigenvalue weighted by atomic mass is 32.2.